The Kier molecular flexibility index (Phi) is 3.82. The smallest absolute Gasteiger partial charge is 0.225 e. The molecule has 2 saturated heterocycles. The number of rotatable bonds is 3. The first kappa shape index (κ1) is 11.9. The highest BCUT2D eigenvalue weighted by Gasteiger charge is 2.34. The third-order valence-corrected chi connectivity index (χ3v) is 3.87. The molecule has 0 aliphatic carbocycles. The molecule has 0 radical (unpaired) electrons. The molecule has 0 aromatic rings. The molecule has 0 saturated carbocycles. The van der Waals surface area contributed by atoms with Gasteiger partial charge in [-0.3, -0.25) is 4.79 Å². The average Bonchev–Trinajstić information content (AvgIpc) is 2.87. The Morgan fingerprint density at radius 3 is 2.94 bits per heavy atom. The monoisotopic (exact) mass is 226 g/mol. The van der Waals surface area contributed by atoms with Gasteiger partial charge < -0.3 is 15.4 Å². The summed E-state index contributed by atoms with van der Waals surface area (Å²) >= 11 is 0. The van der Waals surface area contributed by atoms with Crippen molar-refractivity contribution in [1.29, 1.82) is 0 Å². The molecule has 2 aliphatic rings. The van der Waals surface area contributed by atoms with E-state index >= 15 is 0 Å². The number of hydrogen-bond donors (Lipinski definition) is 1. The molecule has 0 aromatic carbocycles. The van der Waals surface area contributed by atoms with Crippen LogP contribution in [0.3, 0.4) is 0 Å². The lowest BCUT2D eigenvalue weighted by atomic mass is 10.0. The number of carbonyl (C=O) groups is 1. The standard InChI is InChI=1S/C12H22N2O2/c1-9-4-5-14(11(9)8-13)12(15)7-10-3-2-6-16-10/h9-11H,2-8,13H2,1H3. The third kappa shape index (κ3) is 2.38. The molecule has 3 atom stereocenters. The van der Waals surface area contributed by atoms with Crippen LogP contribution >= 0.6 is 0 Å². The summed E-state index contributed by atoms with van der Waals surface area (Å²) < 4.78 is 5.50. The summed E-state index contributed by atoms with van der Waals surface area (Å²) in [6, 6.07) is 0.244. The van der Waals surface area contributed by atoms with E-state index in [1.165, 1.54) is 0 Å². The van der Waals surface area contributed by atoms with Crippen LogP contribution in [0.25, 0.3) is 0 Å². The van der Waals surface area contributed by atoms with Crippen molar-refractivity contribution in [2.24, 2.45) is 11.7 Å². The zero-order valence-corrected chi connectivity index (χ0v) is 10.0. The molecule has 0 spiro atoms. The van der Waals surface area contributed by atoms with E-state index in [0.717, 1.165) is 32.4 Å². The Bertz CT molecular complexity index is 251. The van der Waals surface area contributed by atoms with Crippen molar-refractivity contribution >= 4 is 5.91 Å². The van der Waals surface area contributed by atoms with E-state index in [1.807, 2.05) is 4.90 Å². The largest absolute Gasteiger partial charge is 0.378 e. The van der Waals surface area contributed by atoms with Crippen molar-refractivity contribution < 1.29 is 9.53 Å². The SMILES string of the molecule is CC1CCN(C(=O)CC2CCCO2)C1CN. The summed E-state index contributed by atoms with van der Waals surface area (Å²) in [5.74, 6) is 0.769. The van der Waals surface area contributed by atoms with Crippen LogP contribution in [0.15, 0.2) is 0 Å². The Balaban J connectivity index is 1.88. The molecule has 4 nitrogen and oxygen atoms in total. The lowest BCUT2D eigenvalue weighted by molar-refractivity contribution is -0.134. The van der Waals surface area contributed by atoms with Gasteiger partial charge in [0.1, 0.15) is 0 Å². The number of nitrogens with zero attached hydrogens (tertiary/aromatic N) is 1. The van der Waals surface area contributed by atoms with Crippen LogP contribution in [0, 0.1) is 5.92 Å². The first-order valence-electron chi connectivity index (χ1n) is 6.33. The van der Waals surface area contributed by atoms with Crippen LogP contribution in [0.5, 0.6) is 0 Å². The van der Waals surface area contributed by atoms with Gasteiger partial charge in [0, 0.05) is 25.7 Å². The van der Waals surface area contributed by atoms with E-state index in [9.17, 15) is 4.79 Å². The zero-order valence-electron chi connectivity index (χ0n) is 10.0. The van der Waals surface area contributed by atoms with Gasteiger partial charge in [0.2, 0.25) is 5.91 Å². The average molecular weight is 226 g/mol. The second-order valence-electron chi connectivity index (χ2n) is 5.00. The van der Waals surface area contributed by atoms with Gasteiger partial charge in [0.15, 0.2) is 0 Å². The topological polar surface area (TPSA) is 55.6 Å². The van der Waals surface area contributed by atoms with Gasteiger partial charge in [0.25, 0.3) is 0 Å². The minimum absolute atomic E-state index is 0.154. The van der Waals surface area contributed by atoms with Crippen LogP contribution in [0.1, 0.15) is 32.6 Å². The molecule has 2 N–H and O–H groups in total. The first-order valence-corrected chi connectivity index (χ1v) is 6.33. The van der Waals surface area contributed by atoms with E-state index in [4.69, 9.17) is 10.5 Å². The predicted octanol–water partition coefficient (Wildman–Crippen LogP) is 0.751. The molecular weight excluding hydrogens is 204 g/mol. The van der Waals surface area contributed by atoms with Gasteiger partial charge >= 0.3 is 0 Å². The molecule has 1 amide bonds. The second kappa shape index (κ2) is 5.15. The van der Waals surface area contributed by atoms with E-state index in [-0.39, 0.29) is 18.1 Å². The van der Waals surface area contributed by atoms with Gasteiger partial charge in [-0.1, -0.05) is 6.92 Å². The fraction of sp³-hybridized carbons (Fsp3) is 0.917. The van der Waals surface area contributed by atoms with Crippen LogP contribution < -0.4 is 5.73 Å². The number of carbonyl (C=O) groups excluding carboxylic acids is 1. The van der Waals surface area contributed by atoms with Crippen molar-refractivity contribution in [3.8, 4) is 0 Å². The van der Waals surface area contributed by atoms with Gasteiger partial charge in [-0.15, -0.1) is 0 Å². The minimum Gasteiger partial charge on any atom is -0.378 e. The van der Waals surface area contributed by atoms with Crippen LogP contribution in [0.2, 0.25) is 0 Å². The highest BCUT2D eigenvalue weighted by Crippen LogP contribution is 2.25. The molecule has 92 valence electrons. The predicted molar refractivity (Wildman–Crippen MR) is 61.9 cm³/mol. The van der Waals surface area contributed by atoms with E-state index in [2.05, 4.69) is 6.92 Å². The first-order chi connectivity index (χ1) is 7.72. The lowest BCUT2D eigenvalue weighted by Crippen LogP contribution is -2.43. The van der Waals surface area contributed by atoms with Crippen molar-refractivity contribution in [2.45, 2.75) is 44.8 Å². The summed E-state index contributed by atoms with van der Waals surface area (Å²) in [6.45, 7) is 4.44. The molecule has 2 rings (SSSR count). The molecule has 2 aliphatic heterocycles. The molecule has 3 unspecified atom stereocenters. The number of amides is 1. The van der Waals surface area contributed by atoms with E-state index in [0.29, 0.717) is 18.9 Å². The quantitative estimate of drug-likeness (QED) is 0.772. The number of likely N-dealkylation sites (tertiary alicyclic amines) is 1. The number of hydrogen-bond acceptors (Lipinski definition) is 3. The van der Waals surface area contributed by atoms with Crippen molar-refractivity contribution in [3.05, 3.63) is 0 Å². The Morgan fingerprint density at radius 1 is 1.50 bits per heavy atom. The molecule has 2 fully saturated rings. The van der Waals surface area contributed by atoms with Crippen molar-refractivity contribution in [1.82, 2.24) is 4.90 Å². The lowest BCUT2D eigenvalue weighted by Gasteiger charge is -2.26. The number of ether oxygens (including phenoxy) is 1. The maximum absolute atomic E-state index is 12.1. The van der Waals surface area contributed by atoms with Crippen molar-refractivity contribution in [3.63, 3.8) is 0 Å². The van der Waals surface area contributed by atoms with Gasteiger partial charge in [-0.05, 0) is 25.2 Å². The zero-order chi connectivity index (χ0) is 11.5. The number of nitrogens with two attached hydrogens (primary N) is 1. The maximum Gasteiger partial charge on any atom is 0.225 e. The Morgan fingerprint density at radius 2 is 2.31 bits per heavy atom. The minimum atomic E-state index is 0.154. The summed E-state index contributed by atoms with van der Waals surface area (Å²) in [5.41, 5.74) is 5.74. The molecule has 16 heavy (non-hydrogen) atoms. The van der Waals surface area contributed by atoms with Gasteiger partial charge in [0.05, 0.1) is 12.5 Å². The Hall–Kier alpha value is -0.610. The maximum atomic E-state index is 12.1. The molecule has 0 bridgehead atoms. The summed E-state index contributed by atoms with van der Waals surface area (Å²) in [4.78, 5) is 14.1. The molecule has 0 aromatic heterocycles. The van der Waals surface area contributed by atoms with Crippen molar-refractivity contribution in [2.75, 3.05) is 19.7 Å². The van der Waals surface area contributed by atoms with Crippen LogP contribution in [-0.2, 0) is 9.53 Å². The summed E-state index contributed by atoms with van der Waals surface area (Å²) in [5, 5.41) is 0. The van der Waals surface area contributed by atoms with Crippen LogP contribution in [0.4, 0.5) is 0 Å². The van der Waals surface area contributed by atoms with Crippen LogP contribution in [-0.4, -0.2) is 42.6 Å². The van der Waals surface area contributed by atoms with E-state index < -0.39 is 0 Å². The summed E-state index contributed by atoms with van der Waals surface area (Å²) in [6.07, 6.45) is 3.90. The van der Waals surface area contributed by atoms with Gasteiger partial charge in [-0.25, -0.2) is 0 Å². The fourth-order valence-electron chi connectivity index (χ4n) is 2.79. The van der Waals surface area contributed by atoms with E-state index in [1.54, 1.807) is 0 Å². The van der Waals surface area contributed by atoms with Gasteiger partial charge in [-0.2, -0.15) is 0 Å². The highest BCUT2D eigenvalue weighted by atomic mass is 16.5. The molecule has 4 heteroatoms. The molecular formula is C12H22N2O2. The third-order valence-electron chi connectivity index (χ3n) is 3.87. The molecule has 2 heterocycles. The fourth-order valence-corrected chi connectivity index (χ4v) is 2.79. The normalized spacial score (nSPS) is 34.6. The second-order valence-corrected chi connectivity index (χ2v) is 5.00. The Labute approximate surface area is 97.1 Å². The highest BCUT2D eigenvalue weighted by molar-refractivity contribution is 5.77. The summed E-state index contributed by atoms with van der Waals surface area (Å²) in [7, 11) is 0.